The smallest absolute Gasteiger partial charge is 0.348 e. The largest absolute Gasteiger partial charge is 0.475 e. The molecule has 1 N–H and O–H groups in total. The van der Waals surface area contributed by atoms with Gasteiger partial charge in [-0.1, -0.05) is 23.7 Å². The van der Waals surface area contributed by atoms with Crippen LogP contribution >= 0.6 is 11.6 Å². The molecule has 0 radical (unpaired) electrons. The van der Waals surface area contributed by atoms with Gasteiger partial charge in [0.05, 0.1) is 36.3 Å². The van der Waals surface area contributed by atoms with Gasteiger partial charge in [0, 0.05) is 5.56 Å². The lowest BCUT2D eigenvalue weighted by molar-refractivity contribution is -0.148. The van der Waals surface area contributed by atoms with Crippen LogP contribution in [0.5, 0.6) is 5.75 Å². The monoisotopic (exact) mass is 424 g/mol. The van der Waals surface area contributed by atoms with Crippen molar-refractivity contribution < 1.29 is 27.5 Å². The number of methoxy groups -OCH3 is 1. The molecule has 1 aliphatic heterocycles. The molecule has 1 heterocycles. The van der Waals surface area contributed by atoms with E-state index < -0.39 is 28.0 Å². The highest BCUT2D eigenvalue weighted by molar-refractivity contribution is 7.92. The van der Waals surface area contributed by atoms with E-state index in [1.54, 1.807) is 24.3 Å². The van der Waals surface area contributed by atoms with Gasteiger partial charge in [0.25, 0.3) is 5.91 Å². The van der Waals surface area contributed by atoms with E-state index in [-0.39, 0.29) is 22.8 Å². The molecule has 0 aromatic heterocycles. The number of carbonyl (C=O) groups excluding carboxylic acids is 2. The number of sulfonamides is 1. The molecule has 0 saturated carbocycles. The zero-order chi connectivity index (χ0) is 20.5. The number of para-hydroxylation sites is 2. The number of fused-ring (bicyclic) bond motifs is 1. The van der Waals surface area contributed by atoms with E-state index in [2.05, 4.69) is 4.72 Å². The molecule has 0 fully saturated rings. The molecule has 10 heteroatoms. The Morgan fingerprint density at radius 1 is 1.25 bits per heavy atom. The van der Waals surface area contributed by atoms with Gasteiger partial charge < -0.3 is 14.4 Å². The summed E-state index contributed by atoms with van der Waals surface area (Å²) in [4.78, 5) is 26.5. The fourth-order valence-electron chi connectivity index (χ4n) is 2.77. The van der Waals surface area contributed by atoms with Crippen LogP contribution in [0.15, 0.2) is 42.5 Å². The Kier molecular flexibility index (Phi) is 5.48. The predicted octanol–water partition coefficient (Wildman–Crippen LogP) is 2.29. The summed E-state index contributed by atoms with van der Waals surface area (Å²) < 4.78 is 35.7. The molecule has 1 aliphatic rings. The van der Waals surface area contributed by atoms with Gasteiger partial charge in [-0.15, -0.1) is 0 Å². The number of benzene rings is 2. The highest BCUT2D eigenvalue weighted by Gasteiger charge is 2.35. The first kappa shape index (κ1) is 20.0. The second-order valence-electron chi connectivity index (χ2n) is 6.08. The topological polar surface area (TPSA) is 102 Å². The zero-order valence-corrected chi connectivity index (χ0v) is 16.6. The number of nitrogens with zero attached hydrogens (tertiary/aromatic N) is 1. The number of hydrogen-bond acceptors (Lipinski definition) is 6. The Bertz CT molecular complexity index is 1040. The number of amides is 1. The molecule has 2 aromatic rings. The first-order valence-electron chi connectivity index (χ1n) is 8.12. The first-order valence-corrected chi connectivity index (χ1v) is 10.4. The minimum atomic E-state index is -3.58. The van der Waals surface area contributed by atoms with Crippen LogP contribution in [-0.4, -0.2) is 46.3 Å². The molecule has 2 aromatic carbocycles. The van der Waals surface area contributed by atoms with E-state index in [9.17, 15) is 18.0 Å². The van der Waals surface area contributed by atoms with E-state index in [0.717, 1.165) is 6.26 Å². The molecule has 28 heavy (non-hydrogen) atoms. The number of halogens is 1. The summed E-state index contributed by atoms with van der Waals surface area (Å²) in [6.45, 7) is -0.0556. The highest BCUT2D eigenvalue weighted by Crippen LogP contribution is 2.35. The maximum absolute atomic E-state index is 13.1. The van der Waals surface area contributed by atoms with Crippen molar-refractivity contribution in [1.29, 1.82) is 0 Å². The Balaban J connectivity index is 1.99. The van der Waals surface area contributed by atoms with Crippen molar-refractivity contribution in [3.8, 4) is 5.75 Å². The molecule has 1 amide bonds. The van der Waals surface area contributed by atoms with E-state index >= 15 is 0 Å². The summed E-state index contributed by atoms with van der Waals surface area (Å²) >= 11 is 6.02. The van der Waals surface area contributed by atoms with Crippen LogP contribution in [0, 0.1) is 0 Å². The van der Waals surface area contributed by atoms with Gasteiger partial charge in [0.2, 0.25) is 16.1 Å². The van der Waals surface area contributed by atoms with Gasteiger partial charge in [0.15, 0.2) is 0 Å². The van der Waals surface area contributed by atoms with Crippen LogP contribution in [0.4, 0.5) is 11.4 Å². The molecular weight excluding hydrogens is 408 g/mol. The molecule has 0 saturated heterocycles. The first-order chi connectivity index (χ1) is 13.2. The molecule has 148 valence electrons. The van der Waals surface area contributed by atoms with Crippen molar-refractivity contribution in [3.05, 3.63) is 53.1 Å². The lowest BCUT2D eigenvalue weighted by atomic mass is 10.1. The summed E-state index contributed by atoms with van der Waals surface area (Å²) in [6.07, 6.45) is 0.00144. The van der Waals surface area contributed by atoms with Gasteiger partial charge in [-0.2, -0.15) is 0 Å². The Morgan fingerprint density at radius 2 is 1.96 bits per heavy atom. The quantitative estimate of drug-likeness (QED) is 0.755. The normalized spacial score (nSPS) is 16.0. The maximum Gasteiger partial charge on any atom is 0.348 e. The third-order valence-corrected chi connectivity index (χ3v) is 4.91. The molecular formula is C18H17ClN2O6S. The SMILES string of the molecule is COC(=O)[C@@H]1CN(C(=O)c2ccc(Cl)c(NS(C)(=O)=O)c2)c2ccccc2O1. The van der Waals surface area contributed by atoms with Crippen molar-refractivity contribution in [2.45, 2.75) is 6.10 Å². The molecule has 0 unspecified atom stereocenters. The number of anilines is 2. The van der Waals surface area contributed by atoms with E-state index in [0.29, 0.717) is 11.4 Å². The Hall–Kier alpha value is -2.78. The van der Waals surface area contributed by atoms with E-state index in [1.807, 2.05) is 0 Å². The van der Waals surface area contributed by atoms with Gasteiger partial charge in [-0.3, -0.25) is 9.52 Å². The van der Waals surface area contributed by atoms with Gasteiger partial charge in [-0.05, 0) is 30.3 Å². The van der Waals surface area contributed by atoms with E-state index in [1.165, 1.54) is 30.2 Å². The second kappa shape index (κ2) is 7.69. The number of rotatable bonds is 4. The molecule has 0 spiro atoms. The number of nitrogens with one attached hydrogen (secondary N) is 1. The van der Waals surface area contributed by atoms with Crippen LogP contribution in [0.1, 0.15) is 10.4 Å². The summed E-state index contributed by atoms with van der Waals surface area (Å²) in [7, 11) is -2.34. The number of hydrogen-bond donors (Lipinski definition) is 1. The van der Waals surface area contributed by atoms with Crippen LogP contribution in [0.25, 0.3) is 0 Å². The van der Waals surface area contributed by atoms with Crippen molar-refractivity contribution in [1.82, 2.24) is 0 Å². The minimum absolute atomic E-state index is 0.0556. The highest BCUT2D eigenvalue weighted by atomic mass is 35.5. The van der Waals surface area contributed by atoms with Crippen molar-refractivity contribution in [3.63, 3.8) is 0 Å². The standard InChI is InChI=1S/C18H17ClN2O6S/c1-26-18(23)16-10-21(14-5-3-4-6-15(14)27-16)17(22)11-7-8-12(19)13(9-11)20-28(2,24)25/h3-9,16,20H,10H2,1-2H3/t16-/m0/s1. The van der Waals surface area contributed by atoms with Crippen LogP contribution in [-0.2, 0) is 19.6 Å². The average Bonchev–Trinajstić information content (AvgIpc) is 2.66. The third kappa shape index (κ3) is 4.20. The molecule has 0 aliphatic carbocycles. The number of ether oxygens (including phenoxy) is 2. The average molecular weight is 425 g/mol. The van der Waals surface area contributed by atoms with E-state index in [4.69, 9.17) is 21.1 Å². The lowest BCUT2D eigenvalue weighted by Crippen LogP contribution is -2.47. The summed E-state index contributed by atoms with van der Waals surface area (Å²) in [5.74, 6) is -0.693. The zero-order valence-electron chi connectivity index (χ0n) is 15.0. The second-order valence-corrected chi connectivity index (χ2v) is 8.24. The maximum atomic E-state index is 13.1. The van der Waals surface area contributed by atoms with Crippen molar-refractivity contribution in [2.24, 2.45) is 0 Å². The Morgan fingerprint density at radius 3 is 2.64 bits per heavy atom. The molecule has 8 nitrogen and oxygen atoms in total. The molecule has 0 bridgehead atoms. The van der Waals surface area contributed by atoms with Crippen LogP contribution in [0.2, 0.25) is 5.02 Å². The summed E-state index contributed by atoms with van der Waals surface area (Å²) in [5.41, 5.74) is 0.761. The van der Waals surface area contributed by atoms with Gasteiger partial charge in [-0.25, -0.2) is 13.2 Å². The molecule has 1 atom stereocenters. The van der Waals surface area contributed by atoms with Crippen molar-refractivity contribution in [2.75, 3.05) is 29.5 Å². The minimum Gasteiger partial charge on any atom is -0.475 e. The number of esters is 1. The third-order valence-electron chi connectivity index (χ3n) is 3.99. The fourth-order valence-corrected chi connectivity index (χ4v) is 3.56. The Labute approximate surface area is 167 Å². The van der Waals surface area contributed by atoms with Gasteiger partial charge >= 0.3 is 5.97 Å². The van der Waals surface area contributed by atoms with Crippen LogP contribution in [0.3, 0.4) is 0 Å². The summed E-state index contributed by atoms with van der Waals surface area (Å²) in [6, 6.07) is 11.0. The predicted molar refractivity (Wildman–Crippen MR) is 104 cm³/mol. The number of carbonyl (C=O) groups is 2. The van der Waals surface area contributed by atoms with Crippen LogP contribution < -0.4 is 14.4 Å². The van der Waals surface area contributed by atoms with Gasteiger partial charge in [0.1, 0.15) is 5.75 Å². The molecule has 3 rings (SSSR count). The summed E-state index contributed by atoms with van der Waals surface area (Å²) in [5, 5.41) is 0.150. The van der Waals surface area contributed by atoms with Crippen molar-refractivity contribution >= 4 is 44.9 Å². The lowest BCUT2D eigenvalue weighted by Gasteiger charge is -2.33. The fraction of sp³-hybridized carbons (Fsp3) is 0.222.